The van der Waals surface area contributed by atoms with Gasteiger partial charge in [-0.05, 0) is 24.3 Å². The SMILES string of the molecule is O=C(COc1ccccc1)Nc1ccc(-n2cnnc2)nc1. The van der Waals surface area contributed by atoms with Crippen molar-refractivity contribution in [3.63, 3.8) is 0 Å². The number of pyridine rings is 1. The van der Waals surface area contributed by atoms with Crippen molar-refractivity contribution < 1.29 is 9.53 Å². The van der Waals surface area contributed by atoms with E-state index in [1.54, 1.807) is 47.7 Å². The van der Waals surface area contributed by atoms with Crippen LogP contribution in [0.4, 0.5) is 5.69 Å². The summed E-state index contributed by atoms with van der Waals surface area (Å²) in [5.74, 6) is 1.07. The van der Waals surface area contributed by atoms with Crippen molar-refractivity contribution in [2.24, 2.45) is 0 Å². The zero-order valence-electron chi connectivity index (χ0n) is 11.6. The van der Waals surface area contributed by atoms with Gasteiger partial charge in [-0.3, -0.25) is 9.36 Å². The highest BCUT2D eigenvalue weighted by Gasteiger charge is 2.05. The predicted molar refractivity (Wildman–Crippen MR) is 79.7 cm³/mol. The van der Waals surface area contributed by atoms with Crippen LogP contribution >= 0.6 is 0 Å². The first-order chi connectivity index (χ1) is 10.8. The molecule has 2 aromatic heterocycles. The largest absolute Gasteiger partial charge is 0.484 e. The fourth-order valence-corrected chi connectivity index (χ4v) is 1.79. The Kier molecular flexibility index (Phi) is 4.05. The van der Waals surface area contributed by atoms with Crippen LogP contribution in [0.15, 0.2) is 61.3 Å². The molecule has 0 bridgehead atoms. The van der Waals surface area contributed by atoms with Crippen LogP contribution in [-0.2, 0) is 4.79 Å². The third-order valence-corrected chi connectivity index (χ3v) is 2.83. The van der Waals surface area contributed by atoms with E-state index in [1.165, 1.54) is 0 Å². The minimum atomic E-state index is -0.247. The molecular weight excluding hydrogens is 282 g/mol. The van der Waals surface area contributed by atoms with Gasteiger partial charge in [0.1, 0.15) is 24.2 Å². The van der Waals surface area contributed by atoms with E-state index in [2.05, 4.69) is 20.5 Å². The monoisotopic (exact) mass is 295 g/mol. The summed E-state index contributed by atoms with van der Waals surface area (Å²) in [5.41, 5.74) is 0.596. The first-order valence-electron chi connectivity index (χ1n) is 6.60. The van der Waals surface area contributed by atoms with Crippen molar-refractivity contribution >= 4 is 11.6 Å². The third kappa shape index (κ3) is 3.45. The van der Waals surface area contributed by atoms with Crippen molar-refractivity contribution in [1.82, 2.24) is 19.7 Å². The molecule has 0 saturated carbocycles. The number of nitrogens with zero attached hydrogens (tertiary/aromatic N) is 4. The first-order valence-corrected chi connectivity index (χ1v) is 6.60. The molecule has 7 heteroatoms. The Balaban J connectivity index is 1.55. The summed E-state index contributed by atoms with van der Waals surface area (Å²) in [4.78, 5) is 16.0. The molecule has 2 heterocycles. The van der Waals surface area contributed by atoms with Gasteiger partial charge in [-0.1, -0.05) is 18.2 Å². The van der Waals surface area contributed by atoms with Crippen molar-refractivity contribution in [1.29, 1.82) is 0 Å². The highest BCUT2D eigenvalue weighted by molar-refractivity contribution is 5.91. The Morgan fingerprint density at radius 1 is 1.09 bits per heavy atom. The van der Waals surface area contributed by atoms with Gasteiger partial charge < -0.3 is 10.1 Å². The lowest BCUT2D eigenvalue weighted by Gasteiger charge is -2.07. The molecular formula is C15H13N5O2. The number of anilines is 1. The van der Waals surface area contributed by atoms with E-state index in [9.17, 15) is 4.79 Å². The topological polar surface area (TPSA) is 81.9 Å². The van der Waals surface area contributed by atoms with Crippen LogP contribution in [0.3, 0.4) is 0 Å². The van der Waals surface area contributed by atoms with Gasteiger partial charge in [-0.25, -0.2) is 4.98 Å². The van der Waals surface area contributed by atoms with E-state index in [1.807, 2.05) is 18.2 Å². The number of hydrogen-bond donors (Lipinski definition) is 1. The Morgan fingerprint density at radius 3 is 2.55 bits per heavy atom. The molecule has 0 atom stereocenters. The number of rotatable bonds is 5. The van der Waals surface area contributed by atoms with E-state index in [-0.39, 0.29) is 12.5 Å². The van der Waals surface area contributed by atoms with E-state index in [0.717, 1.165) is 0 Å². The number of ether oxygens (including phenoxy) is 1. The van der Waals surface area contributed by atoms with Gasteiger partial charge in [0.15, 0.2) is 6.61 Å². The number of aromatic nitrogens is 4. The molecule has 0 aliphatic carbocycles. The van der Waals surface area contributed by atoms with Gasteiger partial charge >= 0.3 is 0 Å². The fraction of sp³-hybridized carbons (Fsp3) is 0.0667. The van der Waals surface area contributed by atoms with Gasteiger partial charge in [0.25, 0.3) is 5.91 Å². The first kappa shape index (κ1) is 13.7. The Bertz CT molecular complexity index is 726. The lowest BCUT2D eigenvalue weighted by Crippen LogP contribution is -2.20. The third-order valence-electron chi connectivity index (χ3n) is 2.83. The molecule has 3 aromatic rings. The molecule has 0 fully saturated rings. The molecule has 0 spiro atoms. The molecule has 0 radical (unpaired) electrons. The summed E-state index contributed by atoms with van der Waals surface area (Å²) in [6, 6.07) is 12.7. The number of hydrogen-bond acceptors (Lipinski definition) is 5. The summed E-state index contributed by atoms with van der Waals surface area (Å²) in [5, 5.41) is 10.1. The summed E-state index contributed by atoms with van der Waals surface area (Å²) < 4.78 is 7.04. The molecule has 110 valence electrons. The van der Waals surface area contributed by atoms with Gasteiger partial charge in [-0.2, -0.15) is 0 Å². The minimum absolute atomic E-state index is 0.0583. The summed E-state index contributed by atoms with van der Waals surface area (Å²) in [7, 11) is 0. The van der Waals surface area contributed by atoms with Crippen LogP contribution in [-0.4, -0.2) is 32.3 Å². The number of nitrogens with one attached hydrogen (secondary N) is 1. The number of carbonyl (C=O) groups excluding carboxylic acids is 1. The molecule has 1 amide bonds. The second-order valence-electron chi connectivity index (χ2n) is 4.42. The van der Waals surface area contributed by atoms with E-state index in [4.69, 9.17) is 4.74 Å². The van der Waals surface area contributed by atoms with Crippen molar-refractivity contribution in [3.8, 4) is 11.6 Å². The fourth-order valence-electron chi connectivity index (χ4n) is 1.79. The second kappa shape index (κ2) is 6.49. The molecule has 0 aliphatic heterocycles. The van der Waals surface area contributed by atoms with Crippen LogP contribution in [0, 0.1) is 0 Å². The Morgan fingerprint density at radius 2 is 1.86 bits per heavy atom. The number of para-hydroxylation sites is 1. The van der Waals surface area contributed by atoms with Crippen molar-refractivity contribution in [2.75, 3.05) is 11.9 Å². The number of benzene rings is 1. The average Bonchev–Trinajstić information content (AvgIpc) is 3.09. The quantitative estimate of drug-likeness (QED) is 0.774. The van der Waals surface area contributed by atoms with Crippen LogP contribution in [0.25, 0.3) is 5.82 Å². The van der Waals surface area contributed by atoms with Crippen LogP contribution in [0.5, 0.6) is 5.75 Å². The minimum Gasteiger partial charge on any atom is -0.484 e. The summed E-state index contributed by atoms with van der Waals surface area (Å²) in [6.07, 6.45) is 4.67. The maximum absolute atomic E-state index is 11.8. The standard InChI is InChI=1S/C15H13N5O2/c21-15(9-22-13-4-2-1-3-5-13)19-12-6-7-14(16-8-12)20-10-17-18-11-20/h1-8,10-11H,9H2,(H,19,21). The molecule has 7 nitrogen and oxygen atoms in total. The van der Waals surface area contributed by atoms with Crippen molar-refractivity contribution in [3.05, 3.63) is 61.3 Å². The predicted octanol–water partition coefficient (Wildman–Crippen LogP) is 1.68. The second-order valence-corrected chi connectivity index (χ2v) is 4.42. The summed E-state index contributed by atoms with van der Waals surface area (Å²) >= 11 is 0. The van der Waals surface area contributed by atoms with Crippen LogP contribution in [0.2, 0.25) is 0 Å². The highest BCUT2D eigenvalue weighted by Crippen LogP contribution is 2.10. The van der Waals surface area contributed by atoms with Gasteiger partial charge in [0, 0.05) is 0 Å². The molecule has 22 heavy (non-hydrogen) atoms. The van der Waals surface area contributed by atoms with E-state index < -0.39 is 0 Å². The molecule has 1 aromatic carbocycles. The maximum Gasteiger partial charge on any atom is 0.262 e. The molecule has 0 unspecified atom stereocenters. The maximum atomic E-state index is 11.8. The molecule has 0 saturated heterocycles. The van der Waals surface area contributed by atoms with Crippen LogP contribution < -0.4 is 10.1 Å². The van der Waals surface area contributed by atoms with Crippen molar-refractivity contribution in [2.45, 2.75) is 0 Å². The number of carbonyl (C=O) groups is 1. The normalized spacial score (nSPS) is 10.2. The van der Waals surface area contributed by atoms with E-state index in [0.29, 0.717) is 17.3 Å². The van der Waals surface area contributed by atoms with E-state index >= 15 is 0 Å². The van der Waals surface area contributed by atoms with Gasteiger partial charge in [-0.15, -0.1) is 10.2 Å². The zero-order chi connectivity index (χ0) is 15.2. The lowest BCUT2D eigenvalue weighted by atomic mass is 10.3. The molecule has 0 aliphatic rings. The smallest absolute Gasteiger partial charge is 0.262 e. The van der Waals surface area contributed by atoms with Gasteiger partial charge in [0.2, 0.25) is 0 Å². The Hall–Kier alpha value is -3.22. The Labute approximate surface area is 126 Å². The number of amides is 1. The van der Waals surface area contributed by atoms with Crippen LogP contribution in [0.1, 0.15) is 0 Å². The summed E-state index contributed by atoms with van der Waals surface area (Å²) in [6.45, 7) is -0.0583. The molecule has 3 rings (SSSR count). The average molecular weight is 295 g/mol. The highest BCUT2D eigenvalue weighted by atomic mass is 16.5. The lowest BCUT2D eigenvalue weighted by molar-refractivity contribution is -0.118. The molecule has 1 N–H and O–H groups in total. The van der Waals surface area contributed by atoms with Gasteiger partial charge in [0.05, 0.1) is 11.9 Å². The zero-order valence-corrected chi connectivity index (χ0v) is 11.6.